The third-order valence-electron chi connectivity index (χ3n) is 1.85. The first kappa shape index (κ1) is 11.7. The first-order chi connectivity index (χ1) is 7.24. The van der Waals surface area contributed by atoms with Crippen molar-refractivity contribution in [3.63, 3.8) is 0 Å². The largest absolute Gasteiger partial charge is 0.459 e. The van der Waals surface area contributed by atoms with Gasteiger partial charge in [-0.2, -0.15) is 0 Å². The van der Waals surface area contributed by atoms with Crippen molar-refractivity contribution in [1.29, 1.82) is 0 Å². The summed E-state index contributed by atoms with van der Waals surface area (Å²) >= 11 is 0. The van der Waals surface area contributed by atoms with Gasteiger partial charge in [0.05, 0.1) is 0 Å². The van der Waals surface area contributed by atoms with Gasteiger partial charge in [0.1, 0.15) is 6.61 Å². The fraction of sp³-hybridized carbons (Fsp3) is 0.455. The van der Waals surface area contributed by atoms with Crippen molar-refractivity contribution in [2.75, 3.05) is 6.61 Å². The van der Waals surface area contributed by atoms with Gasteiger partial charge in [-0.3, -0.25) is 4.98 Å². The van der Waals surface area contributed by atoms with Gasteiger partial charge in [0.15, 0.2) is 6.10 Å². The van der Waals surface area contributed by atoms with Crippen molar-refractivity contribution in [3.05, 3.63) is 30.1 Å². The Kier molecular flexibility index (Phi) is 4.77. The molecule has 0 N–H and O–H groups in total. The summed E-state index contributed by atoms with van der Waals surface area (Å²) in [5.74, 6) is -0.347. The first-order valence-electron chi connectivity index (χ1n) is 4.91. The Balaban J connectivity index is 2.34. The number of ether oxygens (including phenoxy) is 2. The minimum absolute atomic E-state index is 0.240. The first-order valence-corrected chi connectivity index (χ1v) is 4.91. The summed E-state index contributed by atoms with van der Waals surface area (Å²) in [6.45, 7) is 4.26. The van der Waals surface area contributed by atoms with E-state index in [0.29, 0.717) is 6.61 Å². The molecule has 0 amide bonds. The van der Waals surface area contributed by atoms with Gasteiger partial charge in [0, 0.05) is 24.6 Å². The summed E-state index contributed by atoms with van der Waals surface area (Å²) in [6.07, 6.45) is 2.83. The molecule has 0 saturated carbocycles. The lowest BCUT2D eigenvalue weighted by Gasteiger charge is -2.10. The molecule has 1 aromatic rings. The molecule has 0 radical (unpaired) electrons. The van der Waals surface area contributed by atoms with Crippen LogP contribution in [0.2, 0.25) is 0 Å². The zero-order valence-corrected chi connectivity index (χ0v) is 8.97. The quantitative estimate of drug-likeness (QED) is 0.690. The minimum atomic E-state index is -0.508. The average molecular weight is 209 g/mol. The van der Waals surface area contributed by atoms with E-state index in [0.717, 1.165) is 5.56 Å². The number of aromatic nitrogens is 1. The summed E-state index contributed by atoms with van der Waals surface area (Å²) in [4.78, 5) is 15.3. The highest BCUT2D eigenvalue weighted by Gasteiger charge is 2.13. The van der Waals surface area contributed by atoms with Crippen molar-refractivity contribution in [2.45, 2.75) is 26.6 Å². The summed E-state index contributed by atoms with van der Waals surface area (Å²) in [5.41, 5.74) is 0.870. The molecule has 0 aromatic carbocycles. The van der Waals surface area contributed by atoms with Gasteiger partial charge >= 0.3 is 5.97 Å². The number of carbonyl (C=O) groups excluding carboxylic acids is 1. The predicted molar refractivity (Wildman–Crippen MR) is 55.1 cm³/mol. The highest BCUT2D eigenvalue weighted by atomic mass is 16.6. The third-order valence-corrected chi connectivity index (χ3v) is 1.85. The topological polar surface area (TPSA) is 48.4 Å². The molecule has 0 fully saturated rings. The number of carbonyl (C=O) groups is 1. The molecular formula is C11H15NO3. The molecule has 0 aliphatic rings. The number of nitrogens with zero attached hydrogens (tertiary/aromatic N) is 1. The van der Waals surface area contributed by atoms with E-state index in [1.165, 1.54) is 0 Å². The molecule has 1 atom stereocenters. The molecule has 1 rings (SSSR count). The summed E-state index contributed by atoms with van der Waals surface area (Å²) in [7, 11) is 0. The molecule has 0 aliphatic heterocycles. The van der Waals surface area contributed by atoms with E-state index in [1.54, 1.807) is 25.4 Å². The van der Waals surface area contributed by atoms with Crippen molar-refractivity contribution >= 4 is 5.97 Å². The van der Waals surface area contributed by atoms with Crippen molar-refractivity contribution < 1.29 is 14.3 Å². The fourth-order valence-corrected chi connectivity index (χ4v) is 1.07. The second kappa shape index (κ2) is 6.14. The molecule has 0 bridgehead atoms. The lowest BCUT2D eigenvalue weighted by molar-refractivity contribution is -0.157. The Morgan fingerprint density at radius 1 is 1.60 bits per heavy atom. The second-order valence-corrected chi connectivity index (χ2v) is 3.07. The van der Waals surface area contributed by atoms with Crippen LogP contribution in [0.1, 0.15) is 19.4 Å². The van der Waals surface area contributed by atoms with E-state index in [1.807, 2.05) is 13.0 Å². The van der Waals surface area contributed by atoms with Gasteiger partial charge in [-0.1, -0.05) is 6.07 Å². The second-order valence-electron chi connectivity index (χ2n) is 3.07. The summed E-state index contributed by atoms with van der Waals surface area (Å²) in [6, 6.07) is 3.65. The third kappa shape index (κ3) is 4.08. The normalized spacial score (nSPS) is 12.1. The van der Waals surface area contributed by atoms with E-state index in [2.05, 4.69) is 4.98 Å². The van der Waals surface area contributed by atoms with Crippen LogP contribution in [0.25, 0.3) is 0 Å². The smallest absolute Gasteiger partial charge is 0.335 e. The van der Waals surface area contributed by atoms with Gasteiger partial charge in [0.25, 0.3) is 0 Å². The highest BCUT2D eigenvalue weighted by molar-refractivity contribution is 5.74. The molecule has 1 aromatic heterocycles. The Morgan fingerprint density at radius 3 is 3.00 bits per heavy atom. The van der Waals surface area contributed by atoms with E-state index >= 15 is 0 Å². The van der Waals surface area contributed by atoms with Crippen molar-refractivity contribution in [2.24, 2.45) is 0 Å². The molecule has 0 spiro atoms. The van der Waals surface area contributed by atoms with Gasteiger partial charge < -0.3 is 9.47 Å². The van der Waals surface area contributed by atoms with Crippen LogP contribution < -0.4 is 0 Å². The summed E-state index contributed by atoms with van der Waals surface area (Å²) < 4.78 is 10.1. The van der Waals surface area contributed by atoms with Gasteiger partial charge in [-0.15, -0.1) is 0 Å². The number of hydrogen-bond donors (Lipinski definition) is 0. The van der Waals surface area contributed by atoms with Crippen molar-refractivity contribution in [3.8, 4) is 0 Å². The van der Waals surface area contributed by atoms with E-state index in [4.69, 9.17) is 9.47 Å². The zero-order valence-electron chi connectivity index (χ0n) is 8.97. The zero-order chi connectivity index (χ0) is 11.1. The molecular weight excluding hydrogens is 194 g/mol. The van der Waals surface area contributed by atoms with E-state index in [-0.39, 0.29) is 12.6 Å². The van der Waals surface area contributed by atoms with Crippen LogP contribution in [0.3, 0.4) is 0 Å². The van der Waals surface area contributed by atoms with Crippen LogP contribution in [0.4, 0.5) is 0 Å². The fourth-order valence-electron chi connectivity index (χ4n) is 1.07. The number of hydrogen-bond acceptors (Lipinski definition) is 4. The Bertz CT molecular complexity index is 300. The monoisotopic (exact) mass is 209 g/mol. The number of pyridine rings is 1. The molecule has 15 heavy (non-hydrogen) atoms. The molecule has 4 heteroatoms. The predicted octanol–water partition coefficient (Wildman–Crippen LogP) is 1.55. The van der Waals surface area contributed by atoms with Crippen molar-refractivity contribution in [1.82, 2.24) is 4.98 Å². The highest BCUT2D eigenvalue weighted by Crippen LogP contribution is 2.01. The van der Waals surface area contributed by atoms with Crippen LogP contribution in [0, 0.1) is 0 Å². The Labute approximate surface area is 89.2 Å². The van der Waals surface area contributed by atoms with Gasteiger partial charge in [-0.05, 0) is 19.9 Å². The van der Waals surface area contributed by atoms with Crippen LogP contribution >= 0.6 is 0 Å². The van der Waals surface area contributed by atoms with Crippen LogP contribution in [0.15, 0.2) is 24.5 Å². The Hall–Kier alpha value is -1.42. The number of esters is 1. The maximum atomic E-state index is 11.3. The van der Waals surface area contributed by atoms with E-state index < -0.39 is 6.10 Å². The SMILES string of the molecule is CCOC(C)C(=O)OCc1cccnc1. The standard InChI is InChI=1S/C11H15NO3/c1-3-14-9(2)11(13)15-8-10-5-4-6-12-7-10/h4-7,9H,3,8H2,1-2H3. The average Bonchev–Trinajstić information content (AvgIpc) is 2.27. The number of rotatable bonds is 5. The molecule has 82 valence electrons. The maximum absolute atomic E-state index is 11.3. The maximum Gasteiger partial charge on any atom is 0.335 e. The lowest BCUT2D eigenvalue weighted by atomic mass is 10.3. The van der Waals surface area contributed by atoms with Gasteiger partial charge in [0.2, 0.25) is 0 Å². The van der Waals surface area contributed by atoms with Gasteiger partial charge in [-0.25, -0.2) is 4.79 Å². The molecule has 0 saturated heterocycles. The summed E-state index contributed by atoms with van der Waals surface area (Å²) in [5, 5.41) is 0. The lowest BCUT2D eigenvalue weighted by Crippen LogP contribution is -2.23. The molecule has 1 heterocycles. The van der Waals surface area contributed by atoms with E-state index in [9.17, 15) is 4.79 Å². The van der Waals surface area contributed by atoms with Crippen LogP contribution in [0.5, 0.6) is 0 Å². The minimum Gasteiger partial charge on any atom is -0.459 e. The molecule has 0 aliphatic carbocycles. The van der Waals surface area contributed by atoms with Crippen LogP contribution in [-0.2, 0) is 20.9 Å². The Morgan fingerprint density at radius 2 is 2.40 bits per heavy atom. The molecule has 1 unspecified atom stereocenters. The molecule has 4 nitrogen and oxygen atoms in total. The van der Waals surface area contributed by atoms with Crippen LogP contribution in [-0.4, -0.2) is 23.7 Å².